The van der Waals surface area contributed by atoms with Crippen molar-refractivity contribution in [3.05, 3.63) is 106 Å². The summed E-state index contributed by atoms with van der Waals surface area (Å²) in [6.07, 6.45) is 0.0791. The van der Waals surface area contributed by atoms with Gasteiger partial charge in [0.15, 0.2) is 5.16 Å². The standard InChI is InChI=1S/C25H19ClF4N4OS/c1-33(14-16-9-11-31-12-10-16)23(35)22-13-32-24(36-15-19-20(26)3-2-4-21(19)27)34(22)18-7-5-17(6-8-18)25(28,29)30/h2-13H,14-15H2,1H3. The third-order valence-corrected chi connectivity index (χ3v) is 6.66. The Morgan fingerprint density at radius 2 is 1.78 bits per heavy atom. The van der Waals surface area contributed by atoms with Gasteiger partial charge in [0.1, 0.15) is 11.5 Å². The number of imidazole rings is 1. The van der Waals surface area contributed by atoms with Crippen molar-refractivity contribution < 1.29 is 22.4 Å². The molecule has 0 fully saturated rings. The fourth-order valence-corrected chi connectivity index (χ4v) is 4.81. The van der Waals surface area contributed by atoms with E-state index in [1.807, 2.05) is 0 Å². The molecule has 4 rings (SSSR count). The van der Waals surface area contributed by atoms with Gasteiger partial charge in [-0.1, -0.05) is 29.4 Å². The van der Waals surface area contributed by atoms with Crippen LogP contribution in [0.2, 0.25) is 5.02 Å². The first kappa shape index (κ1) is 25.7. The van der Waals surface area contributed by atoms with Gasteiger partial charge in [0.25, 0.3) is 5.91 Å². The van der Waals surface area contributed by atoms with Gasteiger partial charge in [-0.2, -0.15) is 13.2 Å². The van der Waals surface area contributed by atoms with Crippen molar-refractivity contribution in [3.8, 4) is 5.69 Å². The second kappa shape index (κ2) is 10.7. The van der Waals surface area contributed by atoms with E-state index < -0.39 is 23.5 Å². The lowest BCUT2D eigenvalue weighted by molar-refractivity contribution is -0.137. The molecule has 0 N–H and O–H groups in total. The lowest BCUT2D eigenvalue weighted by Crippen LogP contribution is -2.28. The number of nitrogens with zero attached hydrogens (tertiary/aromatic N) is 4. The Labute approximate surface area is 213 Å². The van der Waals surface area contributed by atoms with Crippen LogP contribution < -0.4 is 0 Å². The number of carbonyl (C=O) groups excluding carboxylic acids is 1. The molecule has 0 atom stereocenters. The summed E-state index contributed by atoms with van der Waals surface area (Å²) in [6, 6.07) is 12.3. The van der Waals surface area contributed by atoms with Gasteiger partial charge in [-0.25, -0.2) is 9.37 Å². The Morgan fingerprint density at radius 3 is 2.42 bits per heavy atom. The number of benzene rings is 2. The fourth-order valence-electron chi connectivity index (χ4n) is 3.47. The molecule has 0 radical (unpaired) electrons. The highest BCUT2D eigenvalue weighted by Gasteiger charge is 2.30. The third-order valence-electron chi connectivity index (χ3n) is 5.32. The molecule has 2 heterocycles. The first-order chi connectivity index (χ1) is 17.1. The average Bonchev–Trinajstić information content (AvgIpc) is 3.27. The van der Waals surface area contributed by atoms with Gasteiger partial charge in [0, 0.05) is 48.0 Å². The zero-order valence-corrected chi connectivity index (χ0v) is 20.4. The summed E-state index contributed by atoms with van der Waals surface area (Å²) in [5, 5.41) is 0.540. The number of amides is 1. The van der Waals surface area contributed by atoms with Gasteiger partial charge < -0.3 is 4.90 Å². The summed E-state index contributed by atoms with van der Waals surface area (Å²) in [5.41, 5.74) is 0.747. The highest BCUT2D eigenvalue weighted by Crippen LogP contribution is 2.33. The van der Waals surface area contributed by atoms with Crippen molar-refractivity contribution in [1.82, 2.24) is 19.4 Å². The SMILES string of the molecule is CN(Cc1ccncc1)C(=O)c1cnc(SCc2c(F)cccc2Cl)n1-c1ccc(C(F)(F)F)cc1. The highest BCUT2D eigenvalue weighted by molar-refractivity contribution is 7.98. The number of pyridine rings is 1. The predicted molar refractivity (Wildman–Crippen MR) is 130 cm³/mol. The van der Waals surface area contributed by atoms with Crippen molar-refractivity contribution in [2.75, 3.05) is 7.05 Å². The van der Waals surface area contributed by atoms with E-state index in [2.05, 4.69) is 9.97 Å². The number of alkyl halides is 3. The van der Waals surface area contributed by atoms with E-state index in [9.17, 15) is 22.4 Å². The number of aromatic nitrogens is 3. The maximum Gasteiger partial charge on any atom is 0.416 e. The molecule has 0 aliphatic rings. The molecule has 5 nitrogen and oxygen atoms in total. The lowest BCUT2D eigenvalue weighted by Gasteiger charge is -2.19. The number of carbonyl (C=O) groups is 1. The lowest BCUT2D eigenvalue weighted by atomic mass is 10.2. The molecule has 0 aliphatic carbocycles. The van der Waals surface area contributed by atoms with Gasteiger partial charge in [-0.3, -0.25) is 14.3 Å². The molecule has 0 spiro atoms. The normalized spacial score (nSPS) is 11.5. The molecule has 4 aromatic rings. The minimum absolute atomic E-state index is 0.101. The monoisotopic (exact) mass is 534 g/mol. The van der Waals surface area contributed by atoms with Gasteiger partial charge in [0.2, 0.25) is 0 Å². The second-order valence-electron chi connectivity index (χ2n) is 7.81. The number of halogens is 5. The van der Waals surface area contributed by atoms with Crippen molar-refractivity contribution in [3.63, 3.8) is 0 Å². The fraction of sp³-hybridized carbons (Fsp3) is 0.160. The van der Waals surface area contributed by atoms with Crippen molar-refractivity contribution >= 4 is 29.3 Å². The molecule has 2 aromatic carbocycles. The molecule has 0 saturated carbocycles. The molecular formula is C25H19ClF4N4OS. The largest absolute Gasteiger partial charge is 0.416 e. The van der Waals surface area contributed by atoms with E-state index in [1.54, 1.807) is 37.6 Å². The predicted octanol–water partition coefficient (Wildman–Crippen LogP) is 6.64. The number of hydrogen-bond acceptors (Lipinski definition) is 4. The summed E-state index contributed by atoms with van der Waals surface area (Å²) in [7, 11) is 1.61. The van der Waals surface area contributed by atoms with E-state index in [0.29, 0.717) is 10.8 Å². The molecule has 36 heavy (non-hydrogen) atoms. The molecule has 0 unspecified atom stereocenters. The van der Waals surface area contributed by atoms with Crippen LogP contribution in [0, 0.1) is 5.82 Å². The molecule has 0 aliphatic heterocycles. The Bertz CT molecular complexity index is 1340. The van der Waals surface area contributed by atoms with Crippen LogP contribution in [-0.2, 0) is 18.5 Å². The maximum atomic E-state index is 14.3. The van der Waals surface area contributed by atoms with E-state index in [-0.39, 0.29) is 28.6 Å². The highest BCUT2D eigenvalue weighted by atomic mass is 35.5. The first-order valence-electron chi connectivity index (χ1n) is 10.6. The van der Waals surface area contributed by atoms with Crippen molar-refractivity contribution in [2.24, 2.45) is 0 Å². The van der Waals surface area contributed by atoms with Crippen LogP contribution >= 0.6 is 23.4 Å². The van der Waals surface area contributed by atoms with Crippen LogP contribution in [0.4, 0.5) is 17.6 Å². The quantitative estimate of drug-likeness (QED) is 0.197. The molecule has 2 aromatic heterocycles. The van der Waals surface area contributed by atoms with E-state index >= 15 is 0 Å². The number of hydrogen-bond donors (Lipinski definition) is 0. The number of thioether (sulfide) groups is 1. The van der Waals surface area contributed by atoms with Gasteiger partial charge in [0.05, 0.1) is 11.8 Å². The smallest absolute Gasteiger partial charge is 0.336 e. The Kier molecular flexibility index (Phi) is 7.65. The zero-order chi connectivity index (χ0) is 25.9. The number of rotatable bonds is 7. The van der Waals surface area contributed by atoms with Gasteiger partial charge in [-0.15, -0.1) is 0 Å². The van der Waals surface area contributed by atoms with Crippen LogP contribution in [-0.4, -0.2) is 32.4 Å². The average molecular weight is 535 g/mol. The molecule has 0 saturated heterocycles. The van der Waals surface area contributed by atoms with Crippen LogP contribution in [0.5, 0.6) is 0 Å². The second-order valence-corrected chi connectivity index (χ2v) is 9.16. The Hall–Kier alpha value is -3.37. The van der Waals surface area contributed by atoms with Crippen LogP contribution in [0.3, 0.4) is 0 Å². The van der Waals surface area contributed by atoms with E-state index in [4.69, 9.17) is 11.6 Å². The third kappa shape index (κ3) is 5.71. The summed E-state index contributed by atoms with van der Waals surface area (Å²) >= 11 is 7.25. The molecule has 0 bridgehead atoms. The topological polar surface area (TPSA) is 51.0 Å². The van der Waals surface area contributed by atoms with Crippen LogP contribution in [0.15, 0.2) is 78.3 Å². The summed E-state index contributed by atoms with van der Waals surface area (Å²) < 4.78 is 55.1. The van der Waals surface area contributed by atoms with Crippen LogP contribution in [0.25, 0.3) is 5.69 Å². The summed E-state index contributed by atoms with van der Waals surface area (Å²) in [6.45, 7) is 0.285. The Morgan fingerprint density at radius 1 is 1.08 bits per heavy atom. The van der Waals surface area contributed by atoms with Crippen LogP contribution in [0.1, 0.15) is 27.2 Å². The molecular weight excluding hydrogens is 516 g/mol. The Balaban J connectivity index is 1.69. The minimum Gasteiger partial charge on any atom is -0.336 e. The van der Waals surface area contributed by atoms with Crippen molar-refractivity contribution in [2.45, 2.75) is 23.6 Å². The van der Waals surface area contributed by atoms with Crippen molar-refractivity contribution in [1.29, 1.82) is 0 Å². The maximum absolute atomic E-state index is 14.3. The molecule has 1 amide bonds. The minimum atomic E-state index is -4.50. The van der Waals surface area contributed by atoms with Gasteiger partial charge in [-0.05, 0) is 54.1 Å². The first-order valence-corrected chi connectivity index (χ1v) is 12.0. The van der Waals surface area contributed by atoms with E-state index in [1.165, 1.54) is 39.9 Å². The molecule has 11 heteroatoms. The summed E-state index contributed by atoms with van der Waals surface area (Å²) in [5.74, 6) is -0.782. The van der Waals surface area contributed by atoms with Gasteiger partial charge >= 0.3 is 6.18 Å². The zero-order valence-electron chi connectivity index (χ0n) is 18.8. The van der Waals surface area contributed by atoms with E-state index in [0.717, 1.165) is 29.5 Å². The summed E-state index contributed by atoms with van der Waals surface area (Å²) in [4.78, 5) is 23.1. The molecule has 186 valence electrons.